The van der Waals surface area contributed by atoms with Crippen LogP contribution in [0, 0.1) is 5.92 Å². The van der Waals surface area contributed by atoms with Crippen LogP contribution in [0.4, 0.5) is 0 Å². The average molecular weight is 259 g/mol. The molecule has 0 bridgehead atoms. The molecule has 0 fully saturated rings. The Balaban J connectivity index is 2.07. The van der Waals surface area contributed by atoms with Crippen molar-refractivity contribution in [2.45, 2.75) is 20.0 Å². The van der Waals surface area contributed by atoms with Gasteiger partial charge in [-0.25, -0.2) is 4.68 Å². The van der Waals surface area contributed by atoms with Crippen molar-refractivity contribution < 1.29 is 5.11 Å². The Bertz CT molecular complexity index is 493. The van der Waals surface area contributed by atoms with E-state index in [1.807, 2.05) is 36.4 Å². The molecule has 4 heteroatoms. The number of nitrogens with one attached hydrogen (secondary N) is 1. The van der Waals surface area contributed by atoms with E-state index in [-0.39, 0.29) is 0 Å². The largest absolute Gasteiger partial charge is 0.385 e. The zero-order valence-electron chi connectivity index (χ0n) is 11.5. The summed E-state index contributed by atoms with van der Waals surface area (Å²) in [7, 11) is 0. The van der Waals surface area contributed by atoms with Crippen LogP contribution in [0.15, 0.2) is 42.6 Å². The Hall–Kier alpha value is -1.65. The minimum Gasteiger partial charge on any atom is -0.385 e. The molecule has 2 rings (SSSR count). The first-order valence-corrected chi connectivity index (χ1v) is 6.66. The van der Waals surface area contributed by atoms with Crippen molar-refractivity contribution in [1.29, 1.82) is 0 Å². The van der Waals surface area contributed by atoms with Gasteiger partial charge in [0.05, 0.1) is 11.4 Å². The smallest absolute Gasteiger partial charge is 0.108 e. The number of aromatic nitrogens is 2. The third-order valence-corrected chi connectivity index (χ3v) is 2.90. The van der Waals surface area contributed by atoms with Gasteiger partial charge in [0.25, 0.3) is 0 Å². The van der Waals surface area contributed by atoms with Gasteiger partial charge in [-0.05, 0) is 30.7 Å². The third-order valence-electron chi connectivity index (χ3n) is 2.90. The molecule has 0 aliphatic heterocycles. The van der Waals surface area contributed by atoms with Crippen molar-refractivity contribution in [3.05, 3.63) is 48.3 Å². The van der Waals surface area contributed by atoms with E-state index in [2.05, 4.69) is 24.3 Å². The number of rotatable bonds is 6. The van der Waals surface area contributed by atoms with Crippen molar-refractivity contribution in [3.8, 4) is 5.69 Å². The van der Waals surface area contributed by atoms with Gasteiger partial charge in [0, 0.05) is 12.7 Å². The molecule has 0 aliphatic rings. The summed E-state index contributed by atoms with van der Waals surface area (Å²) in [6.07, 6.45) is 1.16. The SMILES string of the molecule is CC(C)CNCC(O)c1ccnn1-c1ccccc1. The van der Waals surface area contributed by atoms with E-state index >= 15 is 0 Å². The number of aliphatic hydroxyl groups is 1. The molecule has 1 unspecified atom stereocenters. The quantitative estimate of drug-likeness (QED) is 0.835. The molecule has 2 N–H and O–H groups in total. The van der Waals surface area contributed by atoms with Crippen LogP contribution in [0.3, 0.4) is 0 Å². The summed E-state index contributed by atoms with van der Waals surface area (Å²) in [6, 6.07) is 11.7. The number of hydrogen-bond donors (Lipinski definition) is 2. The highest BCUT2D eigenvalue weighted by Gasteiger charge is 2.13. The zero-order valence-corrected chi connectivity index (χ0v) is 11.5. The van der Waals surface area contributed by atoms with Gasteiger partial charge in [-0.2, -0.15) is 5.10 Å². The van der Waals surface area contributed by atoms with Gasteiger partial charge in [-0.15, -0.1) is 0 Å². The molecule has 0 spiro atoms. The summed E-state index contributed by atoms with van der Waals surface area (Å²) < 4.78 is 1.78. The maximum Gasteiger partial charge on any atom is 0.108 e. The van der Waals surface area contributed by atoms with Gasteiger partial charge in [-0.3, -0.25) is 0 Å². The first-order chi connectivity index (χ1) is 9.18. The van der Waals surface area contributed by atoms with Crippen LogP contribution >= 0.6 is 0 Å². The molecule has 0 aliphatic carbocycles. The van der Waals surface area contributed by atoms with Gasteiger partial charge in [0.2, 0.25) is 0 Å². The summed E-state index contributed by atoms with van der Waals surface area (Å²) in [5, 5.41) is 17.8. The molecular formula is C15H21N3O. The summed E-state index contributed by atoms with van der Waals surface area (Å²) in [5.74, 6) is 0.575. The van der Waals surface area contributed by atoms with E-state index in [0.29, 0.717) is 12.5 Å². The van der Waals surface area contributed by atoms with Crippen LogP contribution in [0.1, 0.15) is 25.6 Å². The normalized spacial score (nSPS) is 12.8. The summed E-state index contributed by atoms with van der Waals surface area (Å²) in [6.45, 7) is 5.73. The fourth-order valence-corrected chi connectivity index (χ4v) is 1.96. The fraction of sp³-hybridized carbons (Fsp3) is 0.400. The Morgan fingerprint density at radius 1 is 1.16 bits per heavy atom. The predicted molar refractivity (Wildman–Crippen MR) is 76.2 cm³/mol. The number of hydrogen-bond acceptors (Lipinski definition) is 3. The lowest BCUT2D eigenvalue weighted by Gasteiger charge is -2.15. The van der Waals surface area contributed by atoms with E-state index in [1.165, 1.54) is 0 Å². The number of benzene rings is 1. The van der Waals surface area contributed by atoms with Gasteiger partial charge in [0.15, 0.2) is 0 Å². The number of para-hydroxylation sites is 1. The maximum atomic E-state index is 10.2. The Kier molecular flexibility index (Phi) is 4.71. The van der Waals surface area contributed by atoms with Crippen LogP contribution < -0.4 is 5.32 Å². The van der Waals surface area contributed by atoms with Gasteiger partial charge in [-0.1, -0.05) is 32.0 Å². The number of nitrogens with zero attached hydrogens (tertiary/aromatic N) is 2. The zero-order chi connectivity index (χ0) is 13.7. The molecule has 102 valence electrons. The van der Waals surface area contributed by atoms with Crippen LogP contribution in [0.25, 0.3) is 5.69 Å². The predicted octanol–water partition coefficient (Wildman–Crippen LogP) is 2.15. The van der Waals surface area contributed by atoms with Crippen molar-refractivity contribution in [2.75, 3.05) is 13.1 Å². The molecule has 2 aromatic rings. The molecule has 1 aromatic carbocycles. The molecule has 0 saturated heterocycles. The lowest BCUT2D eigenvalue weighted by atomic mass is 10.2. The minimum absolute atomic E-state index is 0.538. The molecule has 4 nitrogen and oxygen atoms in total. The maximum absolute atomic E-state index is 10.2. The minimum atomic E-state index is -0.554. The topological polar surface area (TPSA) is 50.1 Å². The highest BCUT2D eigenvalue weighted by Crippen LogP contribution is 2.16. The van der Waals surface area contributed by atoms with Gasteiger partial charge < -0.3 is 10.4 Å². The van der Waals surface area contributed by atoms with Crippen LogP contribution in [-0.2, 0) is 0 Å². The molecular weight excluding hydrogens is 238 g/mol. The van der Waals surface area contributed by atoms with E-state index in [4.69, 9.17) is 0 Å². The lowest BCUT2D eigenvalue weighted by molar-refractivity contribution is 0.166. The van der Waals surface area contributed by atoms with Gasteiger partial charge >= 0.3 is 0 Å². The standard InChI is InChI=1S/C15H21N3O/c1-12(2)10-16-11-15(19)14-8-9-17-18(14)13-6-4-3-5-7-13/h3-9,12,15-16,19H,10-11H2,1-2H3. The van der Waals surface area contributed by atoms with Gasteiger partial charge in [0.1, 0.15) is 6.10 Å². The van der Waals surface area contributed by atoms with Crippen molar-refractivity contribution in [2.24, 2.45) is 5.92 Å². The summed E-state index contributed by atoms with van der Waals surface area (Å²) >= 11 is 0. The highest BCUT2D eigenvalue weighted by molar-refractivity contribution is 5.32. The van der Waals surface area contributed by atoms with Crippen LogP contribution in [0.2, 0.25) is 0 Å². The van der Waals surface area contributed by atoms with Crippen molar-refractivity contribution in [1.82, 2.24) is 15.1 Å². The highest BCUT2D eigenvalue weighted by atomic mass is 16.3. The lowest BCUT2D eigenvalue weighted by Crippen LogP contribution is -2.26. The third kappa shape index (κ3) is 3.66. The number of aliphatic hydroxyl groups excluding tert-OH is 1. The second-order valence-electron chi connectivity index (χ2n) is 5.07. The Morgan fingerprint density at radius 3 is 2.58 bits per heavy atom. The van der Waals surface area contributed by atoms with E-state index < -0.39 is 6.10 Å². The monoisotopic (exact) mass is 259 g/mol. The average Bonchev–Trinajstić information content (AvgIpc) is 2.88. The first-order valence-electron chi connectivity index (χ1n) is 6.66. The Morgan fingerprint density at radius 2 is 1.89 bits per heavy atom. The summed E-state index contributed by atoms with van der Waals surface area (Å²) in [4.78, 5) is 0. The second-order valence-corrected chi connectivity index (χ2v) is 5.07. The van der Waals surface area contributed by atoms with E-state index in [0.717, 1.165) is 17.9 Å². The molecule has 19 heavy (non-hydrogen) atoms. The van der Waals surface area contributed by atoms with Crippen molar-refractivity contribution >= 4 is 0 Å². The van der Waals surface area contributed by atoms with Crippen LogP contribution in [0.5, 0.6) is 0 Å². The second kappa shape index (κ2) is 6.50. The molecule has 0 radical (unpaired) electrons. The fourth-order valence-electron chi connectivity index (χ4n) is 1.96. The van der Waals surface area contributed by atoms with Crippen LogP contribution in [-0.4, -0.2) is 28.0 Å². The molecule has 1 atom stereocenters. The molecule has 1 aromatic heterocycles. The molecule has 0 saturated carbocycles. The molecule has 1 heterocycles. The Labute approximate surface area is 114 Å². The molecule has 0 amide bonds. The van der Waals surface area contributed by atoms with Crippen molar-refractivity contribution in [3.63, 3.8) is 0 Å². The van der Waals surface area contributed by atoms with E-state index in [1.54, 1.807) is 10.9 Å². The summed E-state index contributed by atoms with van der Waals surface area (Å²) in [5.41, 5.74) is 1.77. The first kappa shape index (κ1) is 13.8. The van der Waals surface area contributed by atoms with E-state index in [9.17, 15) is 5.11 Å².